The van der Waals surface area contributed by atoms with E-state index in [0.29, 0.717) is 0 Å². The van der Waals surface area contributed by atoms with Gasteiger partial charge in [0, 0.05) is 6.54 Å². The normalized spacial score (nSPS) is 14.6. The van der Waals surface area contributed by atoms with Crippen LogP contribution in [0.5, 0.6) is 0 Å². The summed E-state index contributed by atoms with van der Waals surface area (Å²) in [5, 5.41) is 11.8. The second-order valence-corrected chi connectivity index (χ2v) is 6.63. The largest absolute Gasteiger partial charge is 0.399 e. The molecule has 0 saturated carbocycles. The molecule has 0 aromatic heterocycles. The van der Waals surface area contributed by atoms with Gasteiger partial charge in [-0.1, -0.05) is 47.1 Å². The predicted octanol–water partition coefficient (Wildman–Crippen LogP) is 4.01. The number of benzene rings is 2. The summed E-state index contributed by atoms with van der Waals surface area (Å²) in [6.45, 7) is 4.70. The highest BCUT2D eigenvalue weighted by Gasteiger charge is 2.14. The molecule has 132 valence electrons. The van der Waals surface area contributed by atoms with E-state index in [0.717, 1.165) is 54.5 Å². The lowest BCUT2D eigenvalue weighted by atomic mass is 10.0. The van der Waals surface area contributed by atoms with Gasteiger partial charge in [0.1, 0.15) is 7.11 Å². The molecular formula is C20H24ClN3O. The van der Waals surface area contributed by atoms with Gasteiger partial charge in [0.2, 0.25) is 0 Å². The van der Waals surface area contributed by atoms with Crippen molar-refractivity contribution in [3.05, 3.63) is 63.7 Å². The summed E-state index contributed by atoms with van der Waals surface area (Å²) in [6.07, 6.45) is 2.05. The van der Waals surface area contributed by atoms with Crippen LogP contribution in [0.1, 0.15) is 29.2 Å². The number of anilines is 1. The van der Waals surface area contributed by atoms with Crippen LogP contribution in [-0.2, 0) is 24.2 Å². The summed E-state index contributed by atoms with van der Waals surface area (Å²) in [5.74, 6) is 0. The van der Waals surface area contributed by atoms with E-state index in [4.69, 9.17) is 16.4 Å². The molecule has 0 fully saturated rings. The number of rotatable bonds is 5. The highest BCUT2D eigenvalue weighted by Crippen LogP contribution is 2.31. The van der Waals surface area contributed by atoms with Gasteiger partial charge in [-0.15, -0.1) is 0 Å². The van der Waals surface area contributed by atoms with Gasteiger partial charge in [0.05, 0.1) is 16.4 Å². The van der Waals surface area contributed by atoms with Crippen LogP contribution in [0.3, 0.4) is 0 Å². The number of hydrogen-bond acceptors (Lipinski definition) is 4. The Balaban J connectivity index is 1.75. The maximum atomic E-state index is 6.47. The van der Waals surface area contributed by atoms with Crippen molar-refractivity contribution in [3.8, 4) is 0 Å². The molecule has 5 heteroatoms. The van der Waals surface area contributed by atoms with Gasteiger partial charge in [0.25, 0.3) is 0 Å². The lowest BCUT2D eigenvalue weighted by molar-refractivity contribution is 0.213. The molecule has 0 spiro atoms. The molecule has 0 saturated heterocycles. The number of hydrogen-bond donors (Lipinski definition) is 2. The Bertz CT molecular complexity index is 756. The Morgan fingerprint density at radius 3 is 2.68 bits per heavy atom. The minimum atomic E-state index is 0.740. The SMILES string of the molecule is CON=C(C)c1ccc(CNc2c(Cl)ccc3c2CCNCC3)cc1. The van der Waals surface area contributed by atoms with Crippen molar-refractivity contribution in [2.24, 2.45) is 5.16 Å². The van der Waals surface area contributed by atoms with Gasteiger partial charge >= 0.3 is 0 Å². The molecule has 0 atom stereocenters. The highest BCUT2D eigenvalue weighted by atomic mass is 35.5. The second kappa shape index (κ2) is 8.37. The van der Waals surface area contributed by atoms with E-state index in [-0.39, 0.29) is 0 Å². The molecule has 1 aliphatic rings. The lowest BCUT2D eigenvalue weighted by Gasteiger charge is -2.16. The van der Waals surface area contributed by atoms with E-state index < -0.39 is 0 Å². The Morgan fingerprint density at radius 2 is 1.92 bits per heavy atom. The van der Waals surface area contributed by atoms with Crippen molar-refractivity contribution in [2.45, 2.75) is 26.3 Å². The van der Waals surface area contributed by atoms with Crippen LogP contribution in [0.25, 0.3) is 0 Å². The number of halogens is 1. The first-order valence-corrected chi connectivity index (χ1v) is 8.98. The molecule has 0 unspecified atom stereocenters. The fourth-order valence-corrected chi connectivity index (χ4v) is 3.42. The molecule has 4 nitrogen and oxygen atoms in total. The monoisotopic (exact) mass is 357 g/mol. The lowest BCUT2D eigenvalue weighted by Crippen LogP contribution is -2.16. The molecule has 0 radical (unpaired) electrons. The summed E-state index contributed by atoms with van der Waals surface area (Å²) < 4.78 is 0. The molecule has 2 aromatic carbocycles. The summed E-state index contributed by atoms with van der Waals surface area (Å²) >= 11 is 6.47. The van der Waals surface area contributed by atoms with E-state index in [1.807, 2.05) is 13.0 Å². The van der Waals surface area contributed by atoms with E-state index >= 15 is 0 Å². The number of nitrogens with one attached hydrogen (secondary N) is 2. The smallest absolute Gasteiger partial charge is 0.106 e. The van der Waals surface area contributed by atoms with Crippen LogP contribution in [0.4, 0.5) is 5.69 Å². The maximum absolute atomic E-state index is 6.47. The van der Waals surface area contributed by atoms with Crippen LogP contribution < -0.4 is 10.6 Å². The van der Waals surface area contributed by atoms with Gasteiger partial charge in [-0.2, -0.15) is 0 Å². The van der Waals surface area contributed by atoms with E-state index in [1.54, 1.807) is 7.11 Å². The van der Waals surface area contributed by atoms with Gasteiger partial charge in [-0.05, 0) is 61.2 Å². The zero-order valence-corrected chi connectivity index (χ0v) is 15.5. The fourth-order valence-electron chi connectivity index (χ4n) is 3.18. The number of fused-ring (bicyclic) bond motifs is 1. The standard InChI is InChI=1S/C20H24ClN3O/c1-14(24-25-2)16-5-3-15(4-6-16)13-23-20-18-10-12-22-11-9-17(18)7-8-19(20)21/h3-8,22-23H,9-13H2,1-2H3. The third-order valence-corrected chi connectivity index (χ3v) is 4.87. The minimum Gasteiger partial charge on any atom is -0.399 e. The molecular weight excluding hydrogens is 334 g/mol. The molecule has 2 N–H and O–H groups in total. The van der Waals surface area contributed by atoms with Gasteiger partial charge in [-0.25, -0.2) is 0 Å². The summed E-state index contributed by atoms with van der Waals surface area (Å²) in [5.41, 5.74) is 6.93. The topological polar surface area (TPSA) is 45.6 Å². The average molecular weight is 358 g/mol. The average Bonchev–Trinajstić information content (AvgIpc) is 2.87. The van der Waals surface area contributed by atoms with Crippen molar-refractivity contribution in [2.75, 3.05) is 25.5 Å². The molecule has 0 bridgehead atoms. The zero-order chi connectivity index (χ0) is 17.6. The summed E-state index contributed by atoms with van der Waals surface area (Å²) in [6, 6.07) is 12.5. The predicted molar refractivity (Wildman–Crippen MR) is 105 cm³/mol. The number of oxime groups is 1. The number of nitrogens with zero attached hydrogens (tertiary/aromatic N) is 1. The van der Waals surface area contributed by atoms with Crippen molar-refractivity contribution in [3.63, 3.8) is 0 Å². The van der Waals surface area contributed by atoms with Crippen molar-refractivity contribution < 1.29 is 4.84 Å². The Morgan fingerprint density at radius 1 is 1.16 bits per heavy atom. The van der Waals surface area contributed by atoms with Crippen LogP contribution in [0.15, 0.2) is 41.6 Å². The van der Waals surface area contributed by atoms with Gasteiger partial charge in [0.15, 0.2) is 0 Å². The Hall–Kier alpha value is -2.04. The molecule has 3 rings (SSSR count). The van der Waals surface area contributed by atoms with Gasteiger partial charge in [-0.3, -0.25) is 0 Å². The second-order valence-electron chi connectivity index (χ2n) is 6.22. The van der Waals surface area contributed by atoms with Crippen LogP contribution >= 0.6 is 11.6 Å². The molecule has 25 heavy (non-hydrogen) atoms. The van der Waals surface area contributed by atoms with E-state index in [2.05, 4.69) is 46.1 Å². The Kier molecular flexibility index (Phi) is 5.95. The third kappa shape index (κ3) is 4.33. The van der Waals surface area contributed by atoms with Crippen LogP contribution in [0.2, 0.25) is 5.02 Å². The Labute approximate surface area is 154 Å². The molecule has 1 heterocycles. The summed E-state index contributed by atoms with van der Waals surface area (Å²) in [7, 11) is 1.56. The first-order chi connectivity index (χ1) is 12.2. The molecule has 0 aliphatic carbocycles. The van der Waals surface area contributed by atoms with Crippen molar-refractivity contribution in [1.29, 1.82) is 0 Å². The fraction of sp³-hybridized carbons (Fsp3) is 0.350. The van der Waals surface area contributed by atoms with E-state index in [1.165, 1.54) is 16.7 Å². The van der Waals surface area contributed by atoms with Crippen molar-refractivity contribution >= 4 is 23.0 Å². The highest BCUT2D eigenvalue weighted by molar-refractivity contribution is 6.33. The zero-order valence-electron chi connectivity index (χ0n) is 14.7. The third-order valence-electron chi connectivity index (χ3n) is 4.55. The molecule has 0 amide bonds. The van der Waals surface area contributed by atoms with Crippen molar-refractivity contribution in [1.82, 2.24) is 5.32 Å². The quantitative estimate of drug-likeness (QED) is 0.627. The van der Waals surface area contributed by atoms with Crippen LogP contribution in [0, 0.1) is 0 Å². The minimum absolute atomic E-state index is 0.740. The molecule has 2 aromatic rings. The first-order valence-electron chi connectivity index (χ1n) is 8.61. The first kappa shape index (κ1) is 17.8. The molecule has 1 aliphatic heterocycles. The van der Waals surface area contributed by atoms with Crippen LogP contribution in [-0.4, -0.2) is 25.9 Å². The maximum Gasteiger partial charge on any atom is 0.106 e. The van der Waals surface area contributed by atoms with E-state index in [9.17, 15) is 0 Å². The van der Waals surface area contributed by atoms with Gasteiger partial charge < -0.3 is 15.5 Å². The summed E-state index contributed by atoms with van der Waals surface area (Å²) in [4.78, 5) is 4.83.